The predicted molar refractivity (Wildman–Crippen MR) is 87.0 cm³/mol. The van der Waals surface area contributed by atoms with E-state index in [1.54, 1.807) is 0 Å². The molecule has 1 aromatic heterocycles. The van der Waals surface area contributed by atoms with Gasteiger partial charge in [0.2, 0.25) is 11.1 Å². The van der Waals surface area contributed by atoms with Crippen molar-refractivity contribution in [3.8, 4) is 5.75 Å². The second-order valence-corrected chi connectivity index (χ2v) is 5.78. The highest BCUT2D eigenvalue weighted by atomic mass is 32.2. The maximum absolute atomic E-state index is 9.95. The molecule has 3 rings (SSSR count). The van der Waals surface area contributed by atoms with Crippen molar-refractivity contribution >= 4 is 28.5 Å². The van der Waals surface area contributed by atoms with E-state index in [1.165, 1.54) is 11.8 Å². The fraction of sp³-hybridized carbons (Fsp3) is 0.200. The average Bonchev–Trinajstić information content (AvgIpc) is 2.96. The second-order valence-electron chi connectivity index (χ2n) is 4.79. The molecule has 0 aliphatic rings. The van der Waals surface area contributed by atoms with Gasteiger partial charge >= 0.3 is 0 Å². The van der Waals surface area contributed by atoms with Gasteiger partial charge in [-0.3, -0.25) is 0 Å². The van der Waals surface area contributed by atoms with Crippen molar-refractivity contribution in [1.29, 1.82) is 0 Å². The third kappa shape index (κ3) is 3.69. The number of nitrogens with two attached hydrogens (primary N) is 1. The molecule has 0 unspecified atom stereocenters. The molecule has 1 heterocycles. The van der Waals surface area contributed by atoms with Gasteiger partial charge in [-0.15, -0.1) is 5.10 Å². The average molecular weight is 316 g/mol. The van der Waals surface area contributed by atoms with Crippen LogP contribution in [0.2, 0.25) is 0 Å². The van der Waals surface area contributed by atoms with E-state index in [-0.39, 0.29) is 12.6 Å². The van der Waals surface area contributed by atoms with Crippen LogP contribution in [0.15, 0.2) is 47.6 Å². The molecule has 22 heavy (non-hydrogen) atoms. The third-order valence-corrected chi connectivity index (χ3v) is 4.04. The summed E-state index contributed by atoms with van der Waals surface area (Å²) in [5, 5.41) is 19.2. The Morgan fingerprint density at radius 1 is 1.23 bits per heavy atom. The summed E-state index contributed by atoms with van der Waals surface area (Å²) in [5.74, 6) is 1.44. The normalized spacial score (nSPS) is 12.4. The van der Waals surface area contributed by atoms with Gasteiger partial charge in [-0.05, 0) is 22.9 Å². The lowest BCUT2D eigenvalue weighted by Gasteiger charge is -2.11. The van der Waals surface area contributed by atoms with Crippen molar-refractivity contribution in [2.24, 2.45) is 0 Å². The minimum atomic E-state index is -0.615. The Labute approximate surface area is 131 Å². The summed E-state index contributed by atoms with van der Waals surface area (Å²) >= 11 is 1.32. The van der Waals surface area contributed by atoms with Crippen molar-refractivity contribution in [2.45, 2.75) is 11.3 Å². The molecule has 0 saturated heterocycles. The van der Waals surface area contributed by atoms with Crippen LogP contribution in [0.25, 0.3) is 10.8 Å². The smallest absolute Gasteiger partial charge is 0.216 e. The molecule has 2 aromatic carbocycles. The van der Waals surface area contributed by atoms with E-state index < -0.39 is 6.10 Å². The quantitative estimate of drug-likeness (QED) is 0.602. The van der Waals surface area contributed by atoms with Crippen molar-refractivity contribution < 1.29 is 9.84 Å². The largest absolute Gasteiger partial charge is 0.491 e. The molecule has 0 fully saturated rings. The van der Waals surface area contributed by atoms with Crippen LogP contribution in [0.5, 0.6) is 5.75 Å². The number of nitrogen functional groups attached to an aromatic ring is 1. The molecule has 6 nitrogen and oxygen atoms in total. The van der Waals surface area contributed by atoms with E-state index in [9.17, 15) is 5.11 Å². The number of anilines is 1. The summed E-state index contributed by atoms with van der Waals surface area (Å²) < 4.78 is 5.63. The molecular weight excluding hydrogens is 300 g/mol. The van der Waals surface area contributed by atoms with Gasteiger partial charge in [0.05, 0.1) is 6.10 Å². The highest BCUT2D eigenvalue weighted by Crippen LogP contribution is 2.21. The summed E-state index contributed by atoms with van der Waals surface area (Å²) in [6.07, 6.45) is -0.615. The van der Waals surface area contributed by atoms with E-state index >= 15 is 0 Å². The number of H-pyrrole nitrogens is 1. The molecule has 3 aromatic rings. The summed E-state index contributed by atoms with van der Waals surface area (Å²) in [6.45, 7) is 0.214. The molecule has 0 spiro atoms. The number of aliphatic hydroxyl groups is 1. The minimum Gasteiger partial charge on any atom is -0.491 e. The number of nitrogens with zero attached hydrogens (tertiary/aromatic N) is 2. The number of aromatic amines is 1. The Hall–Kier alpha value is -2.25. The number of thioether (sulfide) groups is 1. The molecule has 0 aliphatic heterocycles. The number of hydrogen-bond donors (Lipinski definition) is 3. The molecule has 0 amide bonds. The number of ether oxygens (including phenoxy) is 1. The number of benzene rings is 2. The zero-order valence-electron chi connectivity index (χ0n) is 11.8. The molecular formula is C15H16N4O2S. The Bertz CT molecular complexity index is 762. The molecule has 0 radical (unpaired) electrons. The molecule has 0 saturated carbocycles. The SMILES string of the molecule is Nc1nc(SC[C@H](O)COc2ccc3ccccc3c2)n[nH]1. The third-order valence-electron chi connectivity index (χ3n) is 3.05. The van der Waals surface area contributed by atoms with Crippen LogP contribution in [0.3, 0.4) is 0 Å². The highest BCUT2D eigenvalue weighted by Gasteiger charge is 2.09. The maximum atomic E-state index is 9.95. The molecule has 0 aliphatic carbocycles. The molecule has 1 atom stereocenters. The summed E-state index contributed by atoms with van der Waals surface area (Å²) in [4.78, 5) is 3.96. The van der Waals surface area contributed by atoms with E-state index in [0.29, 0.717) is 10.9 Å². The van der Waals surface area contributed by atoms with Gasteiger partial charge in [-0.25, -0.2) is 5.10 Å². The first-order chi connectivity index (χ1) is 10.7. The lowest BCUT2D eigenvalue weighted by molar-refractivity contribution is 0.126. The van der Waals surface area contributed by atoms with Gasteiger partial charge in [0.15, 0.2) is 0 Å². The van der Waals surface area contributed by atoms with E-state index in [1.807, 2.05) is 42.5 Å². The predicted octanol–water partition coefficient (Wildman–Crippen LogP) is 2.07. The fourth-order valence-corrected chi connectivity index (χ4v) is 2.70. The van der Waals surface area contributed by atoms with Crippen LogP contribution in [-0.4, -0.2) is 38.8 Å². The van der Waals surface area contributed by atoms with E-state index in [4.69, 9.17) is 10.5 Å². The number of aliphatic hydroxyl groups excluding tert-OH is 1. The number of rotatable bonds is 6. The zero-order chi connectivity index (χ0) is 15.4. The monoisotopic (exact) mass is 316 g/mol. The maximum Gasteiger partial charge on any atom is 0.216 e. The summed E-state index contributed by atoms with van der Waals surface area (Å²) in [5.41, 5.74) is 5.44. The summed E-state index contributed by atoms with van der Waals surface area (Å²) in [6, 6.07) is 13.9. The van der Waals surface area contributed by atoms with E-state index in [0.717, 1.165) is 16.5 Å². The van der Waals surface area contributed by atoms with Gasteiger partial charge in [0, 0.05) is 5.75 Å². The van der Waals surface area contributed by atoms with Crippen molar-refractivity contribution in [3.63, 3.8) is 0 Å². The Kier molecular flexibility index (Phi) is 4.45. The highest BCUT2D eigenvalue weighted by molar-refractivity contribution is 7.99. The zero-order valence-corrected chi connectivity index (χ0v) is 12.6. The lowest BCUT2D eigenvalue weighted by atomic mass is 10.1. The van der Waals surface area contributed by atoms with Crippen LogP contribution in [0.4, 0.5) is 5.95 Å². The van der Waals surface area contributed by atoms with Gasteiger partial charge in [-0.1, -0.05) is 42.1 Å². The van der Waals surface area contributed by atoms with Crippen LogP contribution >= 0.6 is 11.8 Å². The first kappa shape index (κ1) is 14.7. The van der Waals surface area contributed by atoms with Gasteiger partial charge in [-0.2, -0.15) is 4.98 Å². The van der Waals surface area contributed by atoms with Crippen molar-refractivity contribution in [2.75, 3.05) is 18.1 Å². The number of fused-ring (bicyclic) bond motifs is 1. The Morgan fingerprint density at radius 2 is 2.05 bits per heavy atom. The summed E-state index contributed by atoms with van der Waals surface area (Å²) in [7, 11) is 0. The molecule has 114 valence electrons. The van der Waals surface area contributed by atoms with Crippen LogP contribution in [0.1, 0.15) is 0 Å². The van der Waals surface area contributed by atoms with Crippen molar-refractivity contribution in [1.82, 2.24) is 15.2 Å². The van der Waals surface area contributed by atoms with Crippen LogP contribution in [0, 0.1) is 0 Å². The minimum absolute atomic E-state index is 0.214. The second kappa shape index (κ2) is 6.67. The lowest BCUT2D eigenvalue weighted by Crippen LogP contribution is -2.20. The first-order valence-corrected chi connectivity index (χ1v) is 7.79. The van der Waals surface area contributed by atoms with Gasteiger partial charge < -0.3 is 15.6 Å². The molecule has 0 bridgehead atoms. The molecule has 7 heteroatoms. The fourth-order valence-electron chi connectivity index (χ4n) is 1.99. The van der Waals surface area contributed by atoms with Crippen LogP contribution < -0.4 is 10.5 Å². The topological polar surface area (TPSA) is 97.1 Å². The number of hydrogen-bond acceptors (Lipinski definition) is 6. The Balaban J connectivity index is 1.52. The van der Waals surface area contributed by atoms with E-state index in [2.05, 4.69) is 15.2 Å². The van der Waals surface area contributed by atoms with Crippen LogP contribution in [-0.2, 0) is 0 Å². The van der Waals surface area contributed by atoms with Crippen molar-refractivity contribution in [3.05, 3.63) is 42.5 Å². The Morgan fingerprint density at radius 3 is 2.82 bits per heavy atom. The van der Waals surface area contributed by atoms with Gasteiger partial charge in [0.25, 0.3) is 0 Å². The number of nitrogens with one attached hydrogen (secondary N) is 1. The first-order valence-electron chi connectivity index (χ1n) is 6.81. The number of aromatic nitrogens is 3. The van der Waals surface area contributed by atoms with Gasteiger partial charge in [0.1, 0.15) is 12.4 Å². The standard InChI is InChI=1S/C15H16N4O2S/c16-14-17-15(19-18-14)22-9-12(20)8-21-13-6-5-10-3-1-2-4-11(10)7-13/h1-7,12,20H,8-9H2,(H3,16,17,18,19)/t12-/m1/s1. The molecule has 4 N–H and O–H groups in total.